The summed E-state index contributed by atoms with van der Waals surface area (Å²) in [6.45, 7) is 5.58. The first-order chi connectivity index (χ1) is 16.7. The van der Waals surface area contributed by atoms with Gasteiger partial charge >= 0.3 is 11.8 Å². The summed E-state index contributed by atoms with van der Waals surface area (Å²) in [6, 6.07) is 17.6. The summed E-state index contributed by atoms with van der Waals surface area (Å²) < 4.78 is 2.11. The van der Waals surface area contributed by atoms with E-state index in [1.807, 2.05) is 26.0 Å². The van der Waals surface area contributed by atoms with Crippen LogP contribution >= 0.6 is 27.5 Å². The van der Waals surface area contributed by atoms with Crippen LogP contribution in [0.25, 0.3) is 10.9 Å². The second-order valence-electron chi connectivity index (χ2n) is 8.08. The van der Waals surface area contributed by atoms with Crippen molar-refractivity contribution in [3.8, 4) is 0 Å². The normalized spacial score (nSPS) is 10.8. The molecular weight excluding hydrogens is 532 g/mol. The number of halogens is 2. The van der Waals surface area contributed by atoms with Gasteiger partial charge in [0.1, 0.15) is 5.69 Å². The van der Waals surface area contributed by atoms with Crippen molar-refractivity contribution < 1.29 is 14.4 Å². The summed E-state index contributed by atoms with van der Waals surface area (Å²) >= 11 is 9.61. The number of carbonyl (C=O) groups is 3. The average Bonchev–Trinajstić information content (AvgIpc) is 3.17. The number of hydrogen-bond donors (Lipinski definition) is 3. The fourth-order valence-corrected chi connectivity index (χ4v) is 4.17. The average molecular weight is 554 g/mol. The van der Waals surface area contributed by atoms with E-state index in [2.05, 4.69) is 32.0 Å². The summed E-state index contributed by atoms with van der Waals surface area (Å²) in [5.41, 5.74) is 6.90. The van der Waals surface area contributed by atoms with E-state index in [1.54, 1.807) is 55.5 Å². The number of hydrogen-bond acceptors (Lipinski definition) is 3. The molecule has 0 fully saturated rings. The van der Waals surface area contributed by atoms with Gasteiger partial charge in [-0.05, 0) is 79.9 Å². The van der Waals surface area contributed by atoms with Crippen molar-refractivity contribution in [2.24, 2.45) is 0 Å². The molecular formula is C26H22BrClN4O3. The van der Waals surface area contributed by atoms with Crippen molar-refractivity contribution in [3.05, 3.63) is 92.5 Å². The first-order valence-electron chi connectivity index (χ1n) is 10.7. The number of benzene rings is 3. The third-order valence-electron chi connectivity index (χ3n) is 5.78. The van der Waals surface area contributed by atoms with Crippen molar-refractivity contribution in [2.45, 2.75) is 20.8 Å². The fraction of sp³-hybridized carbons (Fsp3) is 0.115. The van der Waals surface area contributed by atoms with E-state index < -0.39 is 17.7 Å². The molecule has 3 N–H and O–H groups in total. The van der Waals surface area contributed by atoms with Crippen LogP contribution in [0.3, 0.4) is 0 Å². The standard InChI is InChI=1S/C26H22BrClN4O3/c1-14-6-4-8-20(15(14)2)30-25(34)26(35)31-32-22-11-10-18(27)12-17(22)13-23(32)24(33)29-21-9-5-7-19(28)16(21)3/h4-13H,1-3H3,(H,29,33)(H,30,34)(H,31,35). The van der Waals surface area contributed by atoms with Crippen LogP contribution in [0.5, 0.6) is 0 Å². The maximum atomic E-state index is 13.2. The molecule has 3 amide bonds. The number of aryl methyl sites for hydroxylation is 1. The van der Waals surface area contributed by atoms with Crippen LogP contribution in [0.4, 0.5) is 11.4 Å². The Balaban J connectivity index is 1.65. The molecule has 4 aromatic rings. The largest absolute Gasteiger partial charge is 0.328 e. The van der Waals surface area contributed by atoms with Crippen LogP contribution in [0.15, 0.2) is 65.1 Å². The lowest BCUT2D eigenvalue weighted by molar-refractivity contribution is -0.133. The van der Waals surface area contributed by atoms with E-state index in [0.29, 0.717) is 32.9 Å². The van der Waals surface area contributed by atoms with E-state index >= 15 is 0 Å². The molecule has 3 aromatic carbocycles. The summed E-state index contributed by atoms with van der Waals surface area (Å²) in [4.78, 5) is 38.8. The van der Waals surface area contributed by atoms with Crippen LogP contribution in [-0.2, 0) is 9.59 Å². The maximum Gasteiger partial charge on any atom is 0.328 e. The lowest BCUT2D eigenvalue weighted by Crippen LogP contribution is -2.36. The Kier molecular flexibility index (Phi) is 6.95. The SMILES string of the molecule is Cc1cccc(NC(=O)C(=O)Nn2c(C(=O)Nc3cccc(Cl)c3C)cc3cc(Br)ccc32)c1C. The molecule has 0 unspecified atom stereocenters. The van der Waals surface area contributed by atoms with Crippen molar-refractivity contribution in [2.75, 3.05) is 16.1 Å². The zero-order chi connectivity index (χ0) is 25.3. The van der Waals surface area contributed by atoms with Crippen LogP contribution < -0.4 is 16.1 Å². The Labute approximate surface area is 215 Å². The van der Waals surface area contributed by atoms with Gasteiger partial charge in [-0.1, -0.05) is 45.7 Å². The van der Waals surface area contributed by atoms with Gasteiger partial charge in [-0.15, -0.1) is 0 Å². The van der Waals surface area contributed by atoms with Gasteiger partial charge in [-0.2, -0.15) is 0 Å². The molecule has 1 heterocycles. The maximum absolute atomic E-state index is 13.2. The Morgan fingerprint density at radius 3 is 2.26 bits per heavy atom. The zero-order valence-electron chi connectivity index (χ0n) is 19.2. The molecule has 4 rings (SSSR count). The zero-order valence-corrected chi connectivity index (χ0v) is 21.5. The molecule has 7 nitrogen and oxygen atoms in total. The highest BCUT2D eigenvalue weighted by molar-refractivity contribution is 9.10. The molecule has 1 aromatic heterocycles. The second-order valence-corrected chi connectivity index (χ2v) is 9.40. The first kappa shape index (κ1) is 24.5. The monoisotopic (exact) mass is 552 g/mol. The minimum Gasteiger partial charge on any atom is -0.320 e. The molecule has 0 atom stereocenters. The number of fused-ring (bicyclic) bond motifs is 1. The van der Waals surface area contributed by atoms with Crippen molar-refractivity contribution in [1.82, 2.24) is 4.68 Å². The third kappa shape index (κ3) is 5.08. The number of nitrogens with one attached hydrogen (secondary N) is 3. The predicted molar refractivity (Wildman–Crippen MR) is 143 cm³/mol. The van der Waals surface area contributed by atoms with Gasteiger partial charge in [0.05, 0.1) is 5.52 Å². The van der Waals surface area contributed by atoms with Crippen LogP contribution in [-0.4, -0.2) is 22.4 Å². The minimum absolute atomic E-state index is 0.144. The van der Waals surface area contributed by atoms with Gasteiger partial charge < -0.3 is 10.6 Å². The first-order valence-corrected chi connectivity index (χ1v) is 11.9. The molecule has 178 valence electrons. The van der Waals surface area contributed by atoms with Crippen molar-refractivity contribution >= 4 is 67.5 Å². The highest BCUT2D eigenvalue weighted by atomic mass is 79.9. The van der Waals surface area contributed by atoms with E-state index in [0.717, 1.165) is 15.6 Å². The summed E-state index contributed by atoms with van der Waals surface area (Å²) in [7, 11) is 0. The third-order valence-corrected chi connectivity index (χ3v) is 6.69. The number of rotatable bonds is 4. The van der Waals surface area contributed by atoms with Gasteiger partial charge in [-0.25, -0.2) is 4.68 Å². The Morgan fingerprint density at radius 2 is 1.51 bits per heavy atom. The molecule has 0 radical (unpaired) electrons. The molecule has 0 spiro atoms. The molecule has 0 bridgehead atoms. The van der Waals surface area contributed by atoms with E-state index in [-0.39, 0.29) is 5.69 Å². The molecule has 35 heavy (non-hydrogen) atoms. The second kappa shape index (κ2) is 9.93. The smallest absolute Gasteiger partial charge is 0.320 e. The number of amides is 3. The number of nitrogens with zero attached hydrogens (tertiary/aromatic N) is 1. The number of carbonyl (C=O) groups excluding carboxylic acids is 3. The minimum atomic E-state index is -0.917. The quantitative estimate of drug-likeness (QED) is 0.273. The van der Waals surface area contributed by atoms with Crippen LogP contribution in [0, 0.1) is 20.8 Å². The van der Waals surface area contributed by atoms with E-state index in [1.165, 1.54) is 4.68 Å². The molecule has 0 aliphatic carbocycles. The van der Waals surface area contributed by atoms with Gasteiger partial charge in [0.25, 0.3) is 5.91 Å². The molecule has 0 saturated carbocycles. The summed E-state index contributed by atoms with van der Waals surface area (Å²) in [5.74, 6) is -2.24. The van der Waals surface area contributed by atoms with Gasteiger partial charge in [-0.3, -0.25) is 19.8 Å². The summed E-state index contributed by atoms with van der Waals surface area (Å²) in [6.07, 6.45) is 0. The Bertz CT molecular complexity index is 1500. The Morgan fingerprint density at radius 1 is 0.829 bits per heavy atom. The van der Waals surface area contributed by atoms with Gasteiger partial charge in [0, 0.05) is 26.3 Å². The summed E-state index contributed by atoms with van der Waals surface area (Å²) in [5, 5.41) is 6.68. The number of aromatic nitrogens is 1. The van der Waals surface area contributed by atoms with Crippen molar-refractivity contribution in [3.63, 3.8) is 0 Å². The van der Waals surface area contributed by atoms with Crippen LogP contribution in [0.1, 0.15) is 27.2 Å². The molecule has 9 heteroatoms. The molecule has 0 aliphatic rings. The van der Waals surface area contributed by atoms with Gasteiger partial charge in [0.2, 0.25) is 0 Å². The van der Waals surface area contributed by atoms with E-state index in [9.17, 15) is 14.4 Å². The lowest BCUT2D eigenvalue weighted by atomic mass is 10.1. The molecule has 0 aliphatic heterocycles. The topological polar surface area (TPSA) is 92.2 Å². The van der Waals surface area contributed by atoms with Gasteiger partial charge in [0.15, 0.2) is 0 Å². The lowest BCUT2D eigenvalue weighted by Gasteiger charge is -2.14. The predicted octanol–water partition coefficient (Wildman–Crippen LogP) is 5.94. The van der Waals surface area contributed by atoms with E-state index in [4.69, 9.17) is 11.6 Å². The number of anilines is 2. The molecule has 0 saturated heterocycles. The fourth-order valence-electron chi connectivity index (χ4n) is 3.62. The van der Waals surface area contributed by atoms with Crippen LogP contribution in [0.2, 0.25) is 5.02 Å². The highest BCUT2D eigenvalue weighted by Crippen LogP contribution is 2.26. The highest BCUT2D eigenvalue weighted by Gasteiger charge is 2.22. The Hall–Kier alpha value is -3.62. The van der Waals surface area contributed by atoms with Crippen molar-refractivity contribution in [1.29, 1.82) is 0 Å².